The van der Waals surface area contributed by atoms with Gasteiger partial charge >= 0.3 is 0 Å². The van der Waals surface area contributed by atoms with Crippen LogP contribution in [0.15, 0.2) is 47.4 Å². The Morgan fingerprint density at radius 1 is 1.00 bits per heavy atom. The summed E-state index contributed by atoms with van der Waals surface area (Å²) in [5.74, 6) is 0.273. The zero-order valence-corrected chi connectivity index (χ0v) is 23.2. The normalized spacial score (nSPS) is 23.8. The molecule has 38 heavy (non-hydrogen) atoms. The Kier molecular flexibility index (Phi) is 8.66. The van der Waals surface area contributed by atoms with Crippen LogP contribution in [-0.4, -0.2) is 83.7 Å². The third kappa shape index (κ3) is 6.05. The fourth-order valence-corrected chi connectivity index (χ4v) is 6.66. The first-order valence-electron chi connectivity index (χ1n) is 14.5. The topological polar surface area (TPSA) is 58.0 Å². The predicted octanol–water partition coefficient (Wildman–Crippen LogP) is 3.76. The number of aryl methyl sites for hydroxylation is 1. The highest BCUT2D eigenvalue weighted by Gasteiger charge is 2.43. The molecule has 0 N–H and O–H groups in total. The van der Waals surface area contributed by atoms with Crippen molar-refractivity contribution in [1.82, 2.24) is 19.3 Å². The van der Waals surface area contributed by atoms with Crippen molar-refractivity contribution < 1.29 is 9.53 Å². The Balaban J connectivity index is 1.48. The highest BCUT2D eigenvalue weighted by Crippen LogP contribution is 2.32. The van der Waals surface area contributed by atoms with Crippen LogP contribution in [0.25, 0.3) is 11.1 Å². The minimum atomic E-state index is -0.202. The van der Waals surface area contributed by atoms with Crippen molar-refractivity contribution in [2.24, 2.45) is 13.0 Å². The van der Waals surface area contributed by atoms with E-state index >= 15 is 0 Å². The number of nitrogens with zero attached hydrogens (tertiary/aromatic N) is 4. The van der Waals surface area contributed by atoms with Gasteiger partial charge in [-0.3, -0.25) is 14.5 Å². The molecule has 0 spiro atoms. The number of pyridine rings is 1. The molecule has 7 heteroatoms. The van der Waals surface area contributed by atoms with E-state index in [0.717, 1.165) is 82.4 Å². The molecule has 0 radical (unpaired) electrons. The molecule has 1 aliphatic carbocycles. The molecule has 1 aromatic carbocycles. The van der Waals surface area contributed by atoms with E-state index in [-0.39, 0.29) is 22.9 Å². The largest absolute Gasteiger partial charge is 0.379 e. The number of likely N-dealkylation sites (N-methyl/N-ethyl adjacent to an activating group) is 1. The van der Waals surface area contributed by atoms with E-state index in [1.165, 1.54) is 6.42 Å². The van der Waals surface area contributed by atoms with Crippen LogP contribution >= 0.6 is 0 Å². The van der Waals surface area contributed by atoms with Gasteiger partial charge in [0, 0.05) is 64.1 Å². The van der Waals surface area contributed by atoms with Gasteiger partial charge in [-0.15, -0.1) is 0 Å². The highest BCUT2D eigenvalue weighted by molar-refractivity contribution is 5.79. The molecule has 206 valence electrons. The van der Waals surface area contributed by atoms with Crippen molar-refractivity contribution >= 4 is 5.91 Å². The summed E-state index contributed by atoms with van der Waals surface area (Å²) >= 11 is 0. The molecule has 1 aromatic heterocycles. The fourth-order valence-electron chi connectivity index (χ4n) is 6.66. The first-order valence-corrected chi connectivity index (χ1v) is 14.5. The van der Waals surface area contributed by atoms with Crippen LogP contribution in [0.3, 0.4) is 0 Å². The predicted molar refractivity (Wildman–Crippen MR) is 151 cm³/mol. The average molecular weight is 521 g/mol. The van der Waals surface area contributed by atoms with Gasteiger partial charge < -0.3 is 19.1 Å². The van der Waals surface area contributed by atoms with E-state index in [9.17, 15) is 9.59 Å². The molecular weight excluding hydrogens is 476 g/mol. The van der Waals surface area contributed by atoms with Crippen LogP contribution in [0, 0.1) is 5.92 Å². The van der Waals surface area contributed by atoms with E-state index in [1.54, 1.807) is 4.57 Å². The number of piperazine rings is 1. The third-order valence-corrected chi connectivity index (χ3v) is 8.95. The second-order valence-electron chi connectivity index (χ2n) is 11.7. The maximum Gasteiger partial charge on any atom is 0.255 e. The summed E-state index contributed by atoms with van der Waals surface area (Å²) in [6, 6.07) is 12.2. The van der Waals surface area contributed by atoms with Crippen LogP contribution in [0.4, 0.5) is 0 Å². The first kappa shape index (κ1) is 27.1. The van der Waals surface area contributed by atoms with E-state index in [0.29, 0.717) is 25.3 Å². The number of aromatic nitrogens is 1. The number of carbonyl (C=O) groups is 1. The summed E-state index contributed by atoms with van der Waals surface area (Å²) in [5.41, 5.74) is 2.53. The molecule has 0 bridgehead atoms. The number of ether oxygens (including phenoxy) is 1. The quantitative estimate of drug-likeness (QED) is 0.557. The number of hydrogen-bond acceptors (Lipinski definition) is 5. The minimum absolute atomic E-state index is 0.0281. The average Bonchev–Trinajstić information content (AvgIpc) is 2.96. The van der Waals surface area contributed by atoms with Crippen molar-refractivity contribution in [2.75, 3.05) is 53.0 Å². The lowest BCUT2D eigenvalue weighted by molar-refractivity contribution is -0.143. The maximum atomic E-state index is 14.2. The van der Waals surface area contributed by atoms with E-state index in [4.69, 9.17) is 4.74 Å². The maximum absolute atomic E-state index is 14.2. The minimum Gasteiger partial charge on any atom is -0.379 e. The number of benzene rings is 1. The van der Waals surface area contributed by atoms with Crippen molar-refractivity contribution in [3.05, 3.63) is 58.5 Å². The Morgan fingerprint density at radius 2 is 1.74 bits per heavy atom. The molecule has 7 nitrogen and oxygen atoms in total. The van der Waals surface area contributed by atoms with E-state index in [1.807, 2.05) is 42.4 Å². The van der Waals surface area contributed by atoms with Crippen LogP contribution in [0.5, 0.6) is 0 Å². The number of amides is 1. The third-order valence-electron chi connectivity index (χ3n) is 8.95. The Morgan fingerprint density at radius 3 is 2.42 bits per heavy atom. The standard InChI is InChI=1S/C31H44N4O3/c1-32-15-17-35(18-16-32)31(14-9-19-38-24-31)23-34(30(37)26-12-7-4-8-13-26)22-28-20-27(21-33(2)29(28)36)25-10-5-3-6-11-25/h3,5-6,10-11,20-21,26H,4,7-9,12-19,22-24H2,1-2H3. The molecule has 1 atom stereocenters. The Labute approximate surface area is 227 Å². The zero-order valence-electron chi connectivity index (χ0n) is 23.2. The van der Waals surface area contributed by atoms with Gasteiger partial charge in [-0.05, 0) is 49.9 Å². The molecule has 5 rings (SSSR count). The SMILES string of the molecule is CN1CCN(C2(CN(Cc3cc(-c4ccccc4)cn(C)c3=O)C(=O)C3CCCCC3)CCCOC2)CC1. The summed E-state index contributed by atoms with van der Waals surface area (Å²) in [5, 5.41) is 0. The van der Waals surface area contributed by atoms with Gasteiger partial charge in [0.15, 0.2) is 0 Å². The van der Waals surface area contributed by atoms with Crippen molar-refractivity contribution in [3.63, 3.8) is 0 Å². The lowest BCUT2D eigenvalue weighted by atomic mass is 9.85. The van der Waals surface area contributed by atoms with Gasteiger partial charge in [0.2, 0.25) is 5.91 Å². The summed E-state index contributed by atoms with van der Waals surface area (Å²) in [7, 11) is 3.99. The molecule has 1 unspecified atom stereocenters. The van der Waals surface area contributed by atoms with E-state index in [2.05, 4.69) is 29.0 Å². The van der Waals surface area contributed by atoms with Crippen molar-refractivity contribution in [2.45, 2.75) is 57.0 Å². The summed E-state index contributed by atoms with van der Waals surface area (Å²) in [4.78, 5) is 34.5. The summed E-state index contributed by atoms with van der Waals surface area (Å²) < 4.78 is 7.77. The van der Waals surface area contributed by atoms with Crippen LogP contribution in [0.2, 0.25) is 0 Å². The molecule has 3 aliphatic rings. The van der Waals surface area contributed by atoms with Crippen molar-refractivity contribution in [1.29, 1.82) is 0 Å². The smallest absolute Gasteiger partial charge is 0.255 e. The lowest BCUT2D eigenvalue weighted by Gasteiger charge is -2.51. The van der Waals surface area contributed by atoms with Gasteiger partial charge in [0.1, 0.15) is 0 Å². The first-order chi connectivity index (χ1) is 18.4. The van der Waals surface area contributed by atoms with Gasteiger partial charge in [0.25, 0.3) is 5.56 Å². The lowest BCUT2D eigenvalue weighted by Crippen LogP contribution is -2.64. The fraction of sp³-hybridized carbons (Fsp3) is 0.613. The van der Waals surface area contributed by atoms with Gasteiger partial charge in [-0.25, -0.2) is 0 Å². The molecule has 1 amide bonds. The number of carbonyl (C=O) groups excluding carboxylic acids is 1. The molecule has 1 saturated carbocycles. The van der Waals surface area contributed by atoms with Crippen LogP contribution in [-0.2, 0) is 23.1 Å². The summed E-state index contributed by atoms with van der Waals surface area (Å²) in [6.45, 7) is 6.41. The zero-order chi connectivity index (χ0) is 26.5. The molecule has 3 fully saturated rings. The van der Waals surface area contributed by atoms with Gasteiger partial charge in [-0.1, -0.05) is 49.6 Å². The molecular formula is C31H44N4O3. The van der Waals surface area contributed by atoms with Crippen molar-refractivity contribution in [3.8, 4) is 11.1 Å². The van der Waals surface area contributed by atoms with Crippen LogP contribution < -0.4 is 5.56 Å². The highest BCUT2D eigenvalue weighted by atomic mass is 16.5. The molecule has 3 heterocycles. The summed E-state index contributed by atoms with van der Waals surface area (Å²) in [6.07, 6.45) is 9.27. The molecule has 2 aromatic rings. The monoisotopic (exact) mass is 520 g/mol. The number of rotatable bonds is 7. The molecule has 2 saturated heterocycles. The molecule has 2 aliphatic heterocycles. The van der Waals surface area contributed by atoms with Gasteiger partial charge in [-0.2, -0.15) is 0 Å². The van der Waals surface area contributed by atoms with E-state index < -0.39 is 0 Å². The Bertz CT molecular complexity index is 1130. The second-order valence-corrected chi connectivity index (χ2v) is 11.7. The van der Waals surface area contributed by atoms with Gasteiger partial charge in [0.05, 0.1) is 18.7 Å². The van der Waals surface area contributed by atoms with Crippen LogP contribution in [0.1, 0.15) is 50.5 Å². The second kappa shape index (κ2) is 12.1. The number of hydrogen-bond donors (Lipinski definition) is 0. The Hall–Kier alpha value is -2.48.